The second-order valence-corrected chi connectivity index (χ2v) is 11.0. The van der Waals surface area contributed by atoms with E-state index < -0.39 is 23.6 Å². The highest BCUT2D eigenvalue weighted by atomic mass is 16.6. The molecule has 0 spiro atoms. The molecular weight excluding hydrogens is 586 g/mol. The minimum Gasteiger partial charge on any atom is -0.857 e. The summed E-state index contributed by atoms with van der Waals surface area (Å²) in [6.45, 7) is 3.95. The SMILES string of the molecule is CCOC(=O)C1=CC(=CCn2ccnc2[NH+]2CN=C3C([O-])=NC(=N)N=C32)c2c(cc3c(c2OC)CC(C(C)(O)CCCO)O3)O1. The van der Waals surface area contributed by atoms with E-state index in [0.717, 1.165) is 5.56 Å². The van der Waals surface area contributed by atoms with Gasteiger partial charge >= 0.3 is 11.9 Å². The fraction of sp³-hybridized carbons (Fsp3) is 0.400. The zero-order valence-corrected chi connectivity index (χ0v) is 25.0. The Hall–Kier alpha value is -4.86. The standard InChI is InChI=1S/C30H33N7O8/c1-4-43-27(40)20-12-16(6-9-36-10-8-32-29(36)37-15-33-23-25(37)34-28(31)35-26(23)39)22-19(44-20)14-18-17(24(22)42-3)13-21(45-18)30(2,41)7-5-11-38/h6,8,10,12,14,21,38,41H,4-5,7,9,11,13,15H2,1-3H3,(H2,31,35,39). The van der Waals surface area contributed by atoms with Crippen LogP contribution in [0, 0.1) is 5.41 Å². The highest BCUT2D eigenvalue weighted by Crippen LogP contribution is 2.50. The molecule has 4 aliphatic heterocycles. The van der Waals surface area contributed by atoms with E-state index in [-0.39, 0.29) is 43.9 Å². The van der Waals surface area contributed by atoms with Gasteiger partial charge in [0.2, 0.25) is 11.7 Å². The Kier molecular flexibility index (Phi) is 7.99. The number of hydrogen-bond acceptors (Lipinski definition) is 11. The minimum atomic E-state index is -1.21. The number of benzene rings is 1. The van der Waals surface area contributed by atoms with Crippen molar-refractivity contribution in [3.8, 4) is 17.2 Å². The third-order valence-corrected chi connectivity index (χ3v) is 8.00. The first-order valence-electron chi connectivity index (χ1n) is 14.5. The van der Waals surface area contributed by atoms with E-state index >= 15 is 0 Å². The molecule has 15 nitrogen and oxygen atoms in total. The van der Waals surface area contributed by atoms with Crippen molar-refractivity contribution >= 4 is 40.9 Å². The molecule has 0 saturated carbocycles. The van der Waals surface area contributed by atoms with Crippen LogP contribution in [0.15, 0.2) is 51.3 Å². The lowest BCUT2D eigenvalue weighted by Gasteiger charge is -2.29. The van der Waals surface area contributed by atoms with Gasteiger partial charge in [-0.05, 0) is 38.3 Å². The number of imidazole rings is 1. The van der Waals surface area contributed by atoms with E-state index in [1.165, 1.54) is 7.11 Å². The molecule has 1 aromatic carbocycles. The molecule has 4 N–H and O–H groups in total. The molecule has 3 unspecified atom stereocenters. The molecule has 0 radical (unpaired) electrons. The first-order valence-corrected chi connectivity index (χ1v) is 14.5. The molecule has 0 amide bonds. The van der Waals surface area contributed by atoms with Gasteiger partial charge < -0.3 is 34.3 Å². The predicted molar refractivity (Wildman–Crippen MR) is 159 cm³/mol. The van der Waals surface area contributed by atoms with Gasteiger partial charge in [0.15, 0.2) is 12.4 Å². The molecule has 236 valence electrons. The Morgan fingerprint density at radius 3 is 2.93 bits per heavy atom. The Morgan fingerprint density at radius 1 is 1.36 bits per heavy atom. The number of amidine groups is 1. The summed E-state index contributed by atoms with van der Waals surface area (Å²) in [4.78, 5) is 29.9. The molecule has 15 heteroatoms. The Balaban J connectivity index is 1.36. The summed E-state index contributed by atoms with van der Waals surface area (Å²) in [6, 6.07) is 1.68. The normalized spacial score (nSPS) is 22.2. The number of quaternary nitrogens is 1. The van der Waals surface area contributed by atoms with Crippen molar-refractivity contribution in [2.45, 2.75) is 51.4 Å². The van der Waals surface area contributed by atoms with Crippen LogP contribution in [0.25, 0.3) is 5.57 Å². The molecule has 0 bridgehead atoms. The van der Waals surface area contributed by atoms with E-state index in [1.807, 2.05) is 10.6 Å². The molecule has 1 aromatic heterocycles. The maximum absolute atomic E-state index is 12.8. The van der Waals surface area contributed by atoms with Crippen molar-refractivity contribution in [3.05, 3.63) is 47.5 Å². The quantitative estimate of drug-likeness (QED) is 0.257. The van der Waals surface area contributed by atoms with Crippen LogP contribution >= 0.6 is 0 Å². The molecule has 4 aliphatic rings. The zero-order valence-electron chi connectivity index (χ0n) is 25.0. The molecule has 5 heterocycles. The fourth-order valence-electron chi connectivity index (χ4n) is 5.80. The van der Waals surface area contributed by atoms with Gasteiger partial charge in [-0.3, -0.25) is 9.98 Å². The third-order valence-electron chi connectivity index (χ3n) is 8.00. The summed E-state index contributed by atoms with van der Waals surface area (Å²) in [5, 5.41) is 40.5. The predicted octanol–water partition coefficient (Wildman–Crippen LogP) is -0.324. The van der Waals surface area contributed by atoms with Crippen molar-refractivity contribution in [1.82, 2.24) is 9.55 Å². The highest BCUT2D eigenvalue weighted by molar-refractivity contribution is 6.66. The summed E-state index contributed by atoms with van der Waals surface area (Å²) < 4.78 is 25.2. The zero-order chi connectivity index (χ0) is 31.9. The van der Waals surface area contributed by atoms with Crippen LogP contribution in [0.5, 0.6) is 17.2 Å². The number of methoxy groups -OCH3 is 1. The minimum absolute atomic E-state index is 0.0199. The van der Waals surface area contributed by atoms with Crippen LogP contribution in [0.2, 0.25) is 0 Å². The first-order chi connectivity index (χ1) is 21.6. The molecular formula is C30H33N7O8. The lowest BCUT2D eigenvalue weighted by Crippen LogP contribution is -3.10. The number of nitrogens with zero attached hydrogens (tertiary/aromatic N) is 5. The highest BCUT2D eigenvalue weighted by Gasteiger charge is 2.42. The van der Waals surface area contributed by atoms with Crippen LogP contribution in [-0.4, -0.2) is 87.8 Å². The van der Waals surface area contributed by atoms with Gasteiger partial charge in [0.05, 0.1) is 31.1 Å². The molecule has 45 heavy (non-hydrogen) atoms. The van der Waals surface area contributed by atoms with Crippen LogP contribution in [0.3, 0.4) is 0 Å². The number of fused-ring (bicyclic) bond motifs is 3. The number of ether oxygens (including phenoxy) is 4. The Labute approximate surface area is 258 Å². The Bertz CT molecular complexity index is 1720. The number of carbonyl (C=O) groups is 1. The van der Waals surface area contributed by atoms with Crippen molar-refractivity contribution in [3.63, 3.8) is 0 Å². The summed E-state index contributed by atoms with van der Waals surface area (Å²) in [7, 11) is 1.54. The second-order valence-electron chi connectivity index (χ2n) is 11.0. The lowest BCUT2D eigenvalue weighted by atomic mass is 9.89. The molecule has 2 aromatic rings. The number of aliphatic hydroxyl groups is 2. The summed E-state index contributed by atoms with van der Waals surface area (Å²) in [6.07, 6.45) is 7.39. The number of guanidine groups is 1. The van der Waals surface area contributed by atoms with Gasteiger partial charge in [-0.2, -0.15) is 9.98 Å². The molecule has 0 saturated heterocycles. The van der Waals surface area contributed by atoms with Gasteiger partial charge in [0.25, 0.3) is 5.84 Å². The van der Waals surface area contributed by atoms with Gasteiger partial charge in [-0.15, -0.1) is 0 Å². The number of rotatable bonds is 10. The van der Waals surface area contributed by atoms with E-state index in [0.29, 0.717) is 64.3 Å². The summed E-state index contributed by atoms with van der Waals surface area (Å²) >= 11 is 0. The van der Waals surface area contributed by atoms with Crippen molar-refractivity contribution < 1.29 is 44.0 Å². The molecule has 6 rings (SSSR count). The summed E-state index contributed by atoms with van der Waals surface area (Å²) in [5.74, 6) is 0.453. The number of allylic oxidation sites excluding steroid dienone is 3. The second kappa shape index (κ2) is 11.9. The number of aliphatic hydroxyl groups excluding tert-OH is 1. The maximum atomic E-state index is 12.8. The molecule has 3 atom stereocenters. The topological polar surface area (TPSA) is 201 Å². The van der Waals surface area contributed by atoms with Crippen LogP contribution in [0.1, 0.15) is 37.8 Å². The number of carbonyl (C=O) groups excluding carboxylic acids is 1. The number of aromatic nitrogens is 2. The molecule has 0 fully saturated rings. The third kappa shape index (κ3) is 5.49. The van der Waals surface area contributed by atoms with Crippen LogP contribution in [-0.2, 0) is 22.5 Å². The van der Waals surface area contributed by atoms with E-state index in [1.54, 1.807) is 38.4 Å². The van der Waals surface area contributed by atoms with E-state index in [2.05, 4.69) is 20.0 Å². The van der Waals surface area contributed by atoms with E-state index in [9.17, 15) is 20.1 Å². The summed E-state index contributed by atoms with van der Waals surface area (Å²) in [5.41, 5.74) is 0.870. The maximum Gasteiger partial charge on any atom is 0.374 e. The van der Waals surface area contributed by atoms with Gasteiger partial charge in [-0.25, -0.2) is 19.7 Å². The molecule has 0 aliphatic carbocycles. The number of hydrogen-bond donors (Lipinski definition) is 4. The van der Waals surface area contributed by atoms with Crippen molar-refractivity contribution in [1.29, 1.82) is 5.41 Å². The number of nitrogens with one attached hydrogen (secondary N) is 2. The largest absolute Gasteiger partial charge is 0.857 e. The number of esters is 1. The van der Waals surface area contributed by atoms with Crippen molar-refractivity contribution in [2.75, 3.05) is 27.0 Å². The van der Waals surface area contributed by atoms with Crippen molar-refractivity contribution in [2.24, 2.45) is 15.0 Å². The monoisotopic (exact) mass is 619 g/mol. The van der Waals surface area contributed by atoms with Crippen LogP contribution in [0.4, 0.5) is 5.95 Å². The van der Waals surface area contributed by atoms with Crippen LogP contribution < -0.4 is 24.2 Å². The Morgan fingerprint density at radius 2 is 2.18 bits per heavy atom. The van der Waals surface area contributed by atoms with E-state index in [4.69, 9.17) is 24.4 Å². The number of aliphatic imine (C=N–C) groups is 3. The smallest absolute Gasteiger partial charge is 0.374 e. The first kappa shape index (κ1) is 30.2. The van der Waals surface area contributed by atoms with Gasteiger partial charge in [0, 0.05) is 43.3 Å². The average Bonchev–Trinajstić information content (AvgIpc) is 3.76. The van der Waals surface area contributed by atoms with Gasteiger partial charge in [-0.1, -0.05) is 6.08 Å². The fourth-order valence-corrected chi connectivity index (χ4v) is 5.80. The lowest BCUT2D eigenvalue weighted by molar-refractivity contribution is -0.730. The van der Waals surface area contributed by atoms with Gasteiger partial charge in [0.1, 0.15) is 23.4 Å². The average molecular weight is 620 g/mol.